The normalized spacial score (nSPS) is 10.5. The Morgan fingerprint density at radius 3 is 2.53 bits per heavy atom. The predicted molar refractivity (Wildman–Crippen MR) is 67.5 cm³/mol. The van der Waals surface area contributed by atoms with Crippen molar-refractivity contribution in [1.29, 1.82) is 0 Å². The number of rotatable bonds is 2. The van der Waals surface area contributed by atoms with Crippen LogP contribution in [0.2, 0.25) is 10.0 Å². The van der Waals surface area contributed by atoms with Gasteiger partial charge in [-0.05, 0) is 31.2 Å². The molecule has 0 spiro atoms. The minimum absolute atomic E-state index is 0.260. The number of nitrogens with zero attached hydrogens (tertiary/aromatic N) is 1. The molecule has 17 heavy (non-hydrogen) atoms. The van der Waals surface area contributed by atoms with Gasteiger partial charge >= 0.3 is 5.97 Å². The van der Waals surface area contributed by atoms with Gasteiger partial charge in [0, 0.05) is 16.9 Å². The van der Waals surface area contributed by atoms with Gasteiger partial charge in [0.25, 0.3) is 0 Å². The lowest BCUT2D eigenvalue weighted by Crippen LogP contribution is -2.01. The zero-order chi connectivity index (χ0) is 12.6. The van der Waals surface area contributed by atoms with E-state index >= 15 is 0 Å². The van der Waals surface area contributed by atoms with Gasteiger partial charge in [-0.15, -0.1) is 0 Å². The Bertz CT molecular complexity index is 590. The third-order valence-corrected chi connectivity index (χ3v) is 3.08. The van der Waals surface area contributed by atoms with Crippen molar-refractivity contribution < 1.29 is 9.90 Å². The van der Waals surface area contributed by atoms with Crippen molar-refractivity contribution >= 4 is 29.2 Å². The molecule has 0 aliphatic rings. The zero-order valence-corrected chi connectivity index (χ0v) is 10.5. The molecule has 0 fully saturated rings. The molecule has 0 saturated carbocycles. The van der Waals surface area contributed by atoms with Gasteiger partial charge in [-0.3, -0.25) is 0 Å². The van der Waals surface area contributed by atoms with Gasteiger partial charge in [0.05, 0.1) is 16.3 Å². The Hall–Kier alpha value is -1.45. The number of carbonyl (C=O) groups is 1. The van der Waals surface area contributed by atoms with Crippen LogP contribution in [-0.2, 0) is 0 Å². The quantitative estimate of drug-likeness (QED) is 0.902. The lowest BCUT2D eigenvalue weighted by molar-refractivity contribution is 0.0696. The summed E-state index contributed by atoms with van der Waals surface area (Å²) in [5.41, 5.74) is 1.60. The second-order valence-electron chi connectivity index (χ2n) is 3.59. The molecule has 5 heteroatoms. The van der Waals surface area contributed by atoms with E-state index in [4.69, 9.17) is 28.3 Å². The summed E-state index contributed by atoms with van der Waals surface area (Å²) < 4.78 is 1.72. The molecular formula is C12H9Cl2NO2. The highest BCUT2D eigenvalue weighted by molar-refractivity contribution is 6.35. The summed E-state index contributed by atoms with van der Waals surface area (Å²) in [7, 11) is 0. The van der Waals surface area contributed by atoms with Gasteiger partial charge in [0.2, 0.25) is 0 Å². The van der Waals surface area contributed by atoms with Crippen molar-refractivity contribution in [3.63, 3.8) is 0 Å². The fourth-order valence-electron chi connectivity index (χ4n) is 1.67. The molecule has 1 heterocycles. The molecule has 1 aromatic heterocycles. The maximum atomic E-state index is 10.9. The van der Waals surface area contributed by atoms with Gasteiger partial charge in [0.1, 0.15) is 0 Å². The minimum Gasteiger partial charge on any atom is -0.478 e. The second kappa shape index (κ2) is 4.43. The first kappa shape index (κ1) is 12.0. The fraction of sp³-hybridized carbons (Fsp3) is 0.0833. The van der Waals surface area contributed by atoms with Crippen molar-refractivity contribution in [1.82, 2.24) is 4.57 Å². The van der Waals surface area contributed by atoms with Crippen LogP contribution in [0.15, 0.2) is 30.5 Å². The monoisotopic (exact) mass is 269 g/mol. The van der Waals surface area contributed by atoms with Crippen molar-refractivity contribution in [3.05, 3.63) is 51.8 Å². The molecule has 2 rings (SSSR count). The molecule has 3 nitrogen and oxygen atoms in total. The van der Waals surface area contributed by atoms with Crippen LogP contribution in [0.25, 0.3) is 5.69 Å². The summed E-state index contributed by atoms with van der Waals surface area (Å²) in [6.07, 6.45) is 1.67. The highest BCUT2D eigenvalue weighted by Crippen LogP contribution is 2.26. The Morgan fingerprint density at radius 1 is 1.29 bits per heavy atom. The van der Waals surface area contributed by atoms with E-state index in [2.05, 4.69) is 0 Å². The van der Waals surface area contributed by atoms with Gasteiger partial charge < -0.3 is 9.67 Å². The Balaban J connectivity index is 2.57. The smallest absolute Gasteiger partial charge is 0.337 e. The summed E-state index contributed by atoms with van der Waals surface area (Å²) >= 11 is 11.9. The van der Waals surface area contributed by atoms with E-state index in [1.165, 1.54) is 0 Å². The number of benzene rings is 1. The molecule has 1 N–H and O–H groups in total. The molecule has 1 aromatic carbocycles. The van der Waals surface area contributed by atoms with E-state index in [9.17, 15) is 4.79 Å². The highest BCUT2D eigenvalue weighted by atomic mass is 35.5. The summed E-state index contributed by atoms with van der Waals surface area (Å²) in [6.45, 7) is 1.73. The summed E-state index contributed by atoms with van der Waals surface area (Å²) in [4.78, 5) is 10.9. The Labute approximate surface area is 108 Å². The van der Waals surface area contributed by atoms with Crippen LogP contribution in [0.5, 0.6) is 0 Å². The first-order chi connectivity index (χ1) is 8.00. The van der Waals surface area contributed by atoms with E-state index in [1.54, 1.807) is 42.0 Å². The molecule has 0 aliphatic heterocycles. The Morgan fingerprint density at radius 2 is 2.00 bits per heavy atom. The molecule has 2 aromatic rings. The minimum atomic E-state index is -0.952. The van der Waals surface area contributed by atoms with Crippen molar-refractivity contribution in [2.45, 2.75) is 6.92 Å². The number of halogens is 2. The van der Waals surface area contributed by atoms with Crippen LogP contribution in [0.3, 0.4) is 0 Å². The molecular weight excluding hydrogens is 261 g/mol. The average molecular weight is 270 g/mol. The van der Waals surface area contributed by atoms with Crippen LogP contribution >= 0.6 is 23.2 Å². The van der Waals surface area contributed by atoms with Crippen LogP contribution in [-0.4, -0.2) is 15.6 Å². The third kappa shape index (κ3) is 2.16. The van der Waals surface area contributed by atoms with Gasteiger partial charge in [0.15, 0.2) is 0 Å². The zero-order valence-electron chi connectivity index (χ0n) is 8.95. The topological polar surface area (TPSA) is 42.2 Å². The van der Waals surface area contributed by atoms with Gasteiger partial charge in [-0.2, -0.15) is 0 Å². The first-order valence-corrected chi connectivity index (χ1v) is 5.63. The van der Waals surface area contributed by atoms with Crippen LogP contribution < -0.4 is 0 Å². The van der Waals surface area contributed by atoms with Crippen molar-refractivity contribution in [2.24, 2.45) is 0 Å². The second-order valence-corrected chi connectivity index (χ2v) is 4.43. The number of aromatic nitrogens is 1. The fourth-order valence-corrected chi connectivity index (χ4v) is 2.17. The predicted octanol–water partition coefficient (Wildman–Crippen LogP) is 3.79. The lowest BCUT2D eigenvalue weighted by Gasteiger charge is -2.09. The molecule has 0 amide bonds. The third-order valence-electron chi connectivity index (χ3n) is 2.54. The Kier molecular flexibility index (Phi) is 3.13. The van der Waals surface area contributed by atoms with E-state index in [1.807, 2.05) is 0 Å². The largest absolute Gasteiger partial charge is 0.478 e. The standard InChI is InChI=1S/C12H9Cl2NO2/c1-7-9(12(16)17)4-5-15(7)11-3-2-8(13)6-10(11)14/h2-6H,1H3,(H,16,17). The molecule has 0 unspecified atom stereocenters. The molecule has 88 valence electrons. The maximum absolute atomic E-state index is 10.9. The average Bonchev–Trinajstić information content (AvgIpc) is 2.60. The number of carboxylic acid groups (broad SMARTS) is 1. The molecule has 0 saturated heterocycles. The molecule has 0 atom stereocenters. The number of hydrogen-bond donors (Lipinski definition) is 1. The first-order valence-electron chi connectivity index (χ1n) is 4.87. The number of hydrogen-bond acceptors (Lipinski definition) is 1. The molecule has 0 aliphatic carbocycles. The number of aromatic carboxylic acids is 1. The van der Waals surface area contributed by atoms with Crippen LogP contribution in [0.1, 0.15) is 16.1 Å². The van der Waals surface area contributed by atoms with Crippen LogP contribution in [0, 0.1) is 6.92 Å². The number of carboxylic acids is 1. The molecule has 0 radical (unpaired) electrons. The van der Waals surface area contributed by atoms with E-state index in [0.717, 1.165) is 0 Å². The van der Waals surface area contributed by atoms with Gasteiger partial charge in [-0.25, -0.2) is 4.79 Å². The van der Waals surface area contributed by atoms with Gasteiger partial charge in [-0.1, -0.05) is 23.2 Å². The van der Waals surface area contributed by atoms with Crippen molar-refractivity contribution in [3.8, 4) is 5.69 Å². The summed E-state index contributed by atoms with van der Waals surface area (Å²) in [5, 5.41) is 10.00. The SMILES string of the molecule is Cc1c(C(=O)O)ccn1-c1ccc(Cl)cc1Cl. The lowest BCUT2D eigenvalue weighted by atomic mass is 10.2. The molecule has 0 bridgehead atoms. The summed E-state index contributed by atoms with van der Waals surface area (Å²) in [6, 6.07) is 6.63. The highest BCUT2D eigenvalue weighted by Gasteiger charge is 2.13. The van der Waals surface area contributed by atoms with E-state index in [0.29, 0.717) is 21.4 Å². The van der Waals surface area contributed by atoms with E-state index in [-0.39, 0.29) is 5.56 Å². The summed E-state index contributed by atoms with van der Waals surface area (Å²) in [5.74, 6) is -0.952. The van der Waals surface area contributed by atoms with Crippen LogP contribution in [0.4, 0.5) is 0 Å². The maximum Gasteiger partial charge on any atom is 0.337 e. The van der Waals surface area contributed by atoms with Crippen molar-refractivity contribution in [2.75, 3.05) is 0 Å². The van der Waals surface area contributed by atoms with E-state index < -0.39 is 5.97 Å².